The quantitative estimate of drug-likeness (QED) is 0.541. The minimum atomic E-state index is -0.618. The Hall–Kier alpha value is -3.26. The number of pyridine rings is 1. The molecule has 0 spiro atoms. The van der Waals surface area contributed by atoms with Crippen molar-refractivity contribution in [3.8, 4) is 22.8 Å². The zero-order chi connectivity index (χ0) is 19.1. The van der Waals surface area contributed by atoms with E-state index >= 15 is 0 Å². The molecule has 0 aliphatic carbocycles. The van der Waals surface area contributed by atoms with Crippen molar-refractivity contribution >= 4 is 10.8 Å². The fourth-order valence-corrected chi connectivity index (χ4v) is 3.15. The van der Waals surface area contributed by atoms with Crippen molar-refractivity contribution in [2.75, 3.05) is 6.61 Å². The van der Waals surface area contributed by atoms with Crippen LogP contribution < -0.4 is 0 Å². The smallest absolute Gasteiger partial charge is 0.238 e. The first kappa shape index (κ1) is 17.2. The molecule has 1 aromatic carbocycles. The van der Waals surface area contributed by atoms with Crippen LogP contribution in [-0.2, 0) is 0 Å². The van der Waals surface area contributed by atoms with E-state index in [9.17, 15) is 14.6 Å². The van der Waals surface area contributed by atoms with Gasteiger partial charge in [0.15, 0.2) is 5.88 Å². The number of hydrogen-bond donors (Lipinski definition) is 2. The Balaban J connectivity index is 1.80. The zero-order valence-electron chi connectivity index (χ0n) is 14.8. The molecule has 0 aliphatic rings. The molecular weight excluding hydrogens is 349 g/mol. The summed E-state index contributed by atoms with van der Waals surface area (Å²) in [6.45, 7) is 3.55. The number of aliphatic hydroxyl groups is 1. The van der Waals surface area contributed by atoms with E-state index < -0.39 is 5.95 Å². The van der Waals surface area contributed by atoms with Gasteiger partial charge >= 0.3 is 0 Å². The first-order valence-corrected chi connectivity index (χ1v) is 8.49. The monoisotopic (exact) mass is 367 g/mol. The predicted octanol–water partition coefficient (Wildman–Crippen LogP) is 2.99. The second-order valence-electron chi connectivity index (χ2n) is 6.44. The zero-order valence-corrected chi connectivity index (χ0v) is 14.8. The molecule has 4 aromatic rings. The molecule has 0 saturated carbocycles. The van der Waals surface area contributed by atoms with Gasteiger partial charge in [0.2, 0.25) is 5.95 Å². The van der Waals surface area contributed by atoms with Crippen molar-refractivity contribution in [1.29, 1.82) is 0 Å². The van der Waals surface area contributed by atoms with Gasteiger partial charge in [0.05, 0.1) is 18.3 Å². The molecular formula is C19H18FN5O2. The second-order valence-corrected chi connectivity index (χ2v) is 6.44. The molecule has 0 fully saturated rings. The summed E-state index contributed by atoms with van der Waals surface area (Å²) in [7, 11) is 0. The molecule has 0 bridgehead atoms. The van der Waals surface area contributed by atoms with E-state index in [4.69, 9.17) is 0 Å². The number of nitrogens with zero attached hydrogens (tertiary/aromatic N) is 5. The highest BCUT2D eigenvalue weighted by Gasteiger charge is 2.17. The summed E-state index contributed by atoms with van der Waals surface area (Å²) in [5.74, 6) is -0.511. The molecule has 138 valence electrons. The number of rotatable bonds is 4. The lowest BCUT2D eigenvalue weighted by Crippen LogP contribution is -2.06. The van der Waals surface area contributed by atoms with Crippen LogP contribution in [0, 0.1) is 12.9 Å². The topological polar surface area (TPSA) is 89.0 Å². The maximum atomic E-state index is 14.0. The first-order chi connectivity index (χ1) is 13.0. The van der Waals surface area contributed by atoms with Crippen LogP contribution in [0.15, 0.2) is 42.7 Å². The van der Waals surface area contributed by atoms with Gasteiger partial charge < -0.3 is 14.8 Å². The summed E-state index contributed by atoms with van der Waals surface area (Å²) in [6, 6.07) is 8.50. The van der Waals surface area contributed by atoms with Crippen molar-refractivity contribution < 1.29 is 14.6 Å². The third-order valence-electron chi connectivity index (χ3n) is 4.69. The van der Waals surface area contributed by atoms with Gasteiger partial charge in [-0.25, -0.2) is 9.67 Å². The number of hydrogen-bond acceptors (Lipinski definition) is 5. The van der Waals surface area contributed by atoms with Crippen molar-refractivity contribution in [3.63, 3.8) is 0 Å². The van der Waals surface area contributed by atoms with E-state index in [0.29, 0.717) is 16.8 Å². The summed E-state index contributed by atoms with van der Waals surface area (Å²) >= 11 is 0. The van der Waals surface area contributed by atoms with Crippen molar-refractivity contribution in [2.24, 2.45) is 0 Å². The van der Waals surface area contributed by atoms with Gasteiger partial charge in [-0.15, -0.1) is 5.10 Å². The van der Waals surface area contributed by atoms with Crippen LogP contribution in [0.2, 0.25) is 0 Å². The maximum Gasteiger partial charge on any atom is 0.238 e. The summed E-state index contributed by atoms with van der Waals surface area (Å²) in [4.78, 5) is 3.65. The molecule has 1 atom stereocenters. The van der Waals surface area contributed by atoms with Gasteiger partial charge in [0, 0.05) is 28.7 Å². The van der Waals surface area contributed by atoms with Gasteiger partial charge in [0.25, 0.3) is 0 Å². The lowest BCUT2D eigenvalue weighted by molar-refractivity contribution is 0.230. The average molecular weight is 367 g/mol. The Morgan fingerprint density at radius 2 is 2.07 bits per heavy atom. The van der Waals surface area contributed by atoms with E-state index in [1.807, 2.05) is 26.0 Å². The van der Waals surface area contributed by atoms with Gasteiger partial charge in [-0.2, -0.15) is 4.39 Å². The number of aromatic nitrogens is 5. The molecule has 7 nitrogen and oxygen atoms in total. The van der Waals surface area contributed by atoms with E-state index in [1.165, 1.54) is 10.9 Å². The minimum absolute atomic E-state index is 0.0779. The molecule has 0 saturated heterocycles. The van der Waals surface area contributed by atoms with E-state index in [1.54, 1.807) is 29.0 Å². The summed E-state index contributed by atoms with van der Waals surface area (Å²) < 4.78 is 17.0. The molecule has 27 heavy (non-hydrogen) atoms. The van der Waals surface area contributed by atoms with Crippen molar-refractivity contribution in [1.82, 2.24) is 24.5 Å². The van der Waals surface area contributed by atoms with Crippen molar-refractivity contribution in [3.05, 3.63) is 54.4 Å². The minimum Gasteiger partial charge on any atom is -0.494 e. The number of aliphatic hydroxyl groups excluding tert-OH is 1. The van der Waals surface area contributed by atoms with Gasteiger partial charge in [-0.1, -0.05) is 11.3 Å². The molecule has 4 rings (SSSR count). The average Bonchev–Trinajstić information content (AvgIpc) is 3.21. The summed E-state index contributed by atoms with van der Waals surface area (Å²) in [5.41, 5.74) is 2.32. The largest absolute Gasteiger partial charge is 0.494 e. The summed E-state index contributed by atoms with van der Waals surface area (Å²) in [5, 5.41) is 29.5. The van der Waals surface area contributed by atoms with Crippen LogP contribution >= 0.6 is 0 Å². The van der Waals surface area contributed by atoms with Gasteiger partial charge in [-0.05, 0) is 38.1 Å². The number of benzene rings is 1. The lowest BCUT2D eigenvalue weighted by Gasteiger charge is -2.10. The van der Waals surface area contributed by atoms with Crippen LogP contribution in [0.5, 0.6) is 5.88 Å². The normalized spacial score (nSPS) is 12.6. The molecule has 8 heteroatoms. The highest BCUT2D eigenvalue weighted by molar-refractivity contribution is 5.91. The molecule has 3 heterocycles. The van der Waals surface area contributed by atoms with Crippen LogP contribution in [0.3, 0.4) is 0 Å². The SMILES string of the molecule is Cc1c(-c2ccc3c(O)n(C(C)CO)cc3c2)nnn1-c1cccnc1F. The Bertz CT molecular complexity index is 1130. The van der Waals surface area contributed by atoms with Crippen LogP contribution in [0.25, 0.3) is 27.7 Å². The maximum absolute atomic E-state index is 14.0. The Labute approximate surface area is 154 Å². The molecule has 1 unspecified atom stereocenters. The predicted molar refractivity (Wildman–Crippen MR) is 98.2 cm³/mol. The molecule has 0 amide bonds. The molecule has 3 aromatic heterocycles. The Morgan fingerprint density at radius 1 is 1.26 bits per heavy atom. The van der Waals surface area contributed by atoms with Gasteiger partial charge in [0.1, 0.15) is 11.4 Å². The summed E-state index contributed by atoms with van der Waals surface area (Å²) in [6.07, 6.45) is 3.17. The van der Waals surface area contributed by atoms with E-state index in [2.05, 4.69) is 15.3 Å². The van der Waals surface area contributed by atoms with Crippen LogP contribution in [0.1, 0.15) is 18.7 Å². The molecule has 0 radical (unpaired) electrons. The molecule has 0 aliphatic heterocycles. The molecule has 2 N–H and O–H groups in total. The van der Waals surface area contributed by atoms with E-state index in [0.717, 1.165) is 10.9 Å². The van der Waals surface area contributed by atoms with Crippen LogP contribution in [0.4, 0.5) is 4.39 Å². The standard InChI is InChI=1S/C19H18FN5O2/c1-11(10-26)24-9-14-8-13(5-6-15(14)19(24)27)17-12(2)25(23-22-17)16-4-3-7-21-18(16)20/h3-9,11,26-27H,10H2,1-2H3. The fourth-order valence-electron chi connectivity index (χ4n) is 3.15. The van der Waals surface area contributed by atoms with E-state index in [-0.39, 0.29) is 24.2 Å². The number of aromatic hydroxyl groups is 1. The van der Waals surface area contributed by atoms with Gasteiger partial charge in [-0.3, -0.25) is 0 Å². The third kappa shape index (κ3) is 2.74. The van der Waals surface area contributed by atoms with Crippen molar-refractivity contribution in [2.45, 2.75) is 19.9 Å². The third-order valence-corrected chi connectivity index (χ3v) is 4.69. The Morgan fingerprint density at radius 3 is 2.81 bits per heavy atom. The number of halogens is 1. The Kier molecular flexibility index (Phi) is 4.12. The second kappa shape index (κ2) is 6.48. The number of fused-ring (bicyclic) bond motifs is 1. The lowest BCUT2D eigenvalue weighted by atomic mass is 10.1. The fraction of sp³-hybridized carbons (Fsp3) is 0.211. The highest BCUT2D eigenvalue weighted by Crippen LogP contribution is 2.33. The highest BCUT2D eigenvalue weighted by atomic mass is 19.1. The first-order valence-electron chi connectivity index (χ1n) is 8.49. The van der Waals surface area contributed by atoms with Crippen LogP contribution in [-0.4, -0.2) is 41.4 Å².